The van der Waals surface area contributed by atoms with E-state index in [1.54, 1.807) is 7.11 Å². The molecule has 0 aromatic heterocycles. The van der Waals surface area contributed by atoms with Crippen molar-refractivity contribution in [1.29, 1.82) is 0 Å². The summed E-state index contributed by atoms with van der Waals surface area (Å²) in [5.74, 6) is 0.432. The Balaban J connectivity index is 2.61. The van der Waals surface area contributed by atoms with E-state index in [4.69, 9.17) is 9.47 Å². The SMILES string of the molecule is CNCc1cc(Br)c(OCC(=O)NC(C)COC)c(Br)c1. The van der Waals surface area contributed by atoms with Gasteiger partial charge in [0.2, 0.25) is 0 Å². The first kappa shape index (κ1) is 18.4. The quantitative estimate of drug-likeness (QED) is 0.674. The summed E-state index contributed by atoms with van der Waals surface area (Å²) in [6, 6.07) is 3.88. The minimum atomic E-state index is -0.183. The topological polar surface area (TPSA) is 59.6 Å². The van der Waals surface area contributed by atoms with Gasteiger partial charge < -0.3 is 20.1 Å². The van der Waals surface area contributed by atoms with Gasteiger partial charge in [-0.3, -0.25) is 4.79 Å². The van der Waals surface area contributed by atoms with Gasteiger partial charge in [0.05, 0.1) is 15.6 Å². The molecule has 1 aromatic rings. The van der Waals surface area contributed by atoms with Crippen LogP contribution in [0.15, 0.2) is 21.1 Å². The molecule has 0 radical (unpaired) electrons. The average molecular weight is 424 g/mol. The molecule has 1 amide bonds. The molecule has 7 heteroatoms. The largest absolute Gasteiger partial charge is 0.481 e. The monoisotopic (exact) mass is 422 g/mol. The molecule has 0 bridgehead atoms. The van der Waals surface area contributed by atoms with E-state index in [2.05, 4.69) is 42.5 Å². The van der Waals surface area contributed by atoms with Gasteiger partial charge in [0.15, 0.2) is 6.61 Å². The summed E-state index contributed by atoms with van der Waals surface area (Å²) in [5.41, 5.74) is 1.11. The number of rotatable bonds is 8. The van der Waals surface area contributed by atoms with Crippen LogP contribution in [0, 0.1) is 0 Å². The number of nitrogens with one attached hydrogen (secondary N) is 2. The van der Waals surface area contributed by atoms with Gasteiger partial charge in [-0.05, 0) is 63.5 Å². The normalized spacial score (nSPS) is 12.0. The Bertz CT molecular complexity index is 460. The van der Waals surface area contributed by atoms with Crippen LogP contribution in [0.4, 0.5) is 0 Å². The first-order chi connectivity index (χ1) is 9.97. The van der Waals surface area contributed by atoms with Crippen molar-refractivity contribution in [2.45, 2.75) is 19.5 Å². The zero-order valence-electron chi connectivity index (χ0n) is 12.3. The van der Waals surface area contributed by atoms with Crippen LogP contribution in [0.25, 0.3) is 0 Å². The lowest BCUT2D eigenvalue weighted by atomic mass is 10.2. The van der Waals surface area contributed by atoms with Crippen LogP contribution in [0.1, 0.15) is 12.5 Å². The smallest absolute Gasteiger partial charge is 0.258 e. The molecule has 0 fully saturated rings. The summed E-state index contributed by atoms with van der Waals surface area (Å²) >= 11 is 6.92. The van der Waals surface area contributed by atoms with E-state index < -0.39 is 0 Å². The molecule has 0 aliphatic carbocycles. The van der Waals surface area contributed by atoms with E-state index >= 15 is 0 Å². The van der Waals surface area contributed by atoms with Crippen molar-refractivity contribution in [2.24, 2.45) is 0 Å². The Morgan fingerprint density at radius 2 is 1.95 bits per heavy atom. The summed E-state index contributed by atoms with van der Waals surface area (Å²) in [6.45, 7) is 3.06. The molecular weight excluding hydrogens is 404 g/mol. The molecule has 0 heterocycles. The zero-order chi connectivity index (χ0) is 15.8. The molecule has 0 saturated heterocycles. The lowest BCUT2D eigenvalue weighted by Gasteiger charge is -2.15. The van der Waals surface area contributed by atoms with Crippen molar-refractivity contribution in [3.8, 4) is 5.75 Å². The van der Waals surface area contributed by atoms with Crippen molar-refractivity contribution in [2.75, 3.05) is 27.4 Å². The Morgan fingerprint density at radius 3 is 2.48 bits per heavy atom. The fourth-order valence-electron chi connectivity index (χ4n) is 1.80. The van der Waals surface area contributed by atoms with E-state index in [0.717, 1.165) is 21.1 Å². The number of amides is 1. The van der Waals surface area contributed by atoms with Gasteiger partial charge in [-0.2, -0.15) is 0 Å². The highest BCUT2D eigenvalue weighted by Crippen LogP contribution is 2.34. The number of methoxy groups -OCH3 is 1. The molecule has 118 valence electrons. The molecule has 2 N–H and O–H groups in total. The van der Waals surface area contributed by atoms with Crippen LogP contribution in [0.2, 0.25) is 0 Å². The Labute approximate surface area is 142 Å². The van der Waals surface area contributed by atoms with Gasteiger partial charge in [-0.1, -0.05) is 0 Å². The third-order valence-corrected chi connectivity index (χ3v) is 3.79. The third kappa shape index (κ3) is 6.34. The lowest BCUT2D eigenvalue weighted by molar-refractivity contribution is -0.124. The molecule has 1 unspecified atom stereocenters. The summed E-state index contributed by atoms with van der Waals surface area (Å²) in [7, 11) is 3.48. The second-order valence-corrected chi connectivity index (χ2v) is 6.34. The molecule has 5 nitrogen and oxygen atoms in total. The van der Waals surface area contributed by atoms with E-state index in [1.807, 2.05) is 26.1 Å². The molecule has 0 saturated carbocycles. The fourth-order valence-corrected chi connectivity index (χ4v) is 3.31. The summed E-state index contributed by atoms with van der Waals surface area (Å²) in [6.07, 6.45) is 0. The maximum Gasteiger partial charge on any atom is 0.258 e. The van der Waals surface area contributed by atoms with Crippen LogP contribution in [-0.2, 0) is 16.1 Å². The summed E-state index contributed by atoms with van der Waals surface area (Å²) in [5, 5.41) is 5.88. The van der Waals surface area contributed by atoms with E-state index in [-0.39, 0.29) is 18.6 Å². The predicted octanol–water partition coefficient (Wildman–Crippen LogP) is 2.46. The molecule has 1 rings (SSSR count). The van der Waals surface area contributed by atoms with Gasteiger partial charge >= 0.3 is 0 Å². The number of ether oxygens (including phenoxy) is 2. The number of benzene rings is 1. The van der Waals surface area contributed by atoms with Crippen LogP contribution >= 0.6 is 31.9 Å². The molecule has 0 aliphatic rings. The highest BCUT2D eigenvalue weighted by atomic mass is 79.9. The molecule has 0 spiro atoms. The minimum Gasteiger partial charge on any atom is -0.481 e. The Hall–Kier alpha value is -0.630. The van der Waals surface area contributed by atoms with Gasteiger partial charge in [0.25, 0.3) is 5.91 Å². The molecule has 21 heavy (non-hydrogen) atoms. The number of halogens is 2. The Morgan fingerprint density at radius 1 is 1.33 bits per heavy atom. The first-order valence-electron chi connectivity index (χ1n) is 6.51. The third-order valence-electron chi connectivity index (χ3n) is 2.61. The van der Waals surface area contributed by atoms with Gasteiger partial charge in [0, 0.05) is 19.7 Å². The molecule has 0 aliphatic heterocycles. The number of carbonyl (C=O) groups is 1. The summed E-state index contributed by atoms with van der Waals surface area (Å²) < 4.78 is 12.2. The predicted molar refractivity (Wildman–Crippen MR) is 89.6 cm³/mol. The highest BCUT2D eigenvalue weighted by Gasteiger charge is 2.12. The van der Waals surface area contributed by atoms with Gasteiger partial charge in [0.1, 0.15) is 5.75 Å². The molecule has 1 atom stereocenters. The number of hydrogen-bond donors (Lipinski definition) is 2. The van der Waals surface area contributed by atoms with Crippen molar-refractivity contribution in [1.82, 2.24) is 10.6 Å². The Kier molecular flexibility index (Phi) is 8.24. The molecular formula is C14H20Br2N2O3. The van der Waals surface area contributed by atoms with E-state index in [9.17, 15) is 4.79 Å². The second-order valence-electron chi connectivity index (χ2n) is 4.63. The van der Waals surface area contributed by atoms with Crippen molar-refractivity contribution in [3.05, 3.63) is 26.6 Å². The summed E-state index contributed by atoms with van der Waals surface area (Å²) in [4.78, 5) is 11.8. The number of hydrogen-bond acceptors (Lipinski definition) is 4. The van der Waals surface area contributed by atoms with E-state index in [0.29, 0.717) is 12.4 Å². The average Bonchev–Trinajstić information content (AvgIpc) is 2.38. The maximum absolute atomic E-state index is 11.8. The molecule has 1 aromatic carbocycles. The maximum atomic E-state index is 11.8. The highest BCUT2D eigenvalue weighted by molar-refractivity contribution is 9.11. The van der Waals surface area contributed by atoms with Crippen molar-refractivity contribution < 1.29 is 14.3 Å². The van der Waals surface area contributed by atoms with E-state index in [1.165, 1.54) is 0 Å². The lowest BCUT2D eigenvalue weighted by Crippen LogP contribution is -2.38. The van der Waals surface area contributed by atoms with Crippen molar-refractivity contribution >= 4 is 37.8 Å². The minimum absolute atomic E-state index is 0.0450. The number of carbonyl (C=O) groups excluding carboxylic acids is 1. The van der Waals surface area contributed by atoms with Gasteiger partial charge in [-0.15, -0.1) is 0 Å². The second kappa shape index (κ2) is 9.40. The zero-order valence-corrected chi connectivity index (χ0v) is 15.5. The fraction of sp³-hybridized carbons (Fsp3) is 0.500. The van der Waals surface area contributed by atoms with Crippen LogP contribution in [-0.4, -0.2) is 39.3 Å². The standard InChI is InChI=1S/C14H20Br2N2O3/c1-9(7-20-3)18-13(19)8-21-14-11(15)4-10(6-17-2)5-12(14)16/h4-5,9,17H,6-8H2,1-3H3,(H,18,19). The first-order valence-corrected chi connectivity index (χ1v) is 8.10. The van der Waals surface area contributed by atoms with Crippen LogP contribution in [0.3, 0.4) is 0 Å². The van der Waals surface area contributed by atoms with Crippen molar-refractivity contribution in [3.63, 3.8) is 0 Å². The van der Waals surface area contributed by atoms with Crippen LogP contribution in [0.5, 0.6) is 5.75 Å². The van der Waals surface area contributed by atoms with Crippen LogP contribution < -0.4 is 15.4 Å². The van der Waals surface area contributed by atoms with Gasteiger partial charge in [-0.25, -0.2) is 0 Å².